The number of amides is 1. The van der Waals surface area contributed by atoms with Gasteiger partial charge in [-0.2, -0.15) is 0 Å². The molecule has 26 heavy (non-hydrogen) atoms. The van der Waals surface area contributed by atoms with Gasteiger partial charge in [0.2, 0.25) is 5.91 Å². The molecule has 5 heteroatoms. The van der Waals surface area contributed by atoms with Crippen LogP contribution in [0.15, 0.2) is 48.5 Å². The van der Waals surface area contributed by atoms with Crippen LogP contribution in [0.25, 0.3) is 0 Å². The number of rotatable bonds is 2. The number of nitrogens with one attached hydrogen (secondary N) is 1. The predicted octanol–water partition coefficient (Wildman–Crippen LogP) is 3.17. The molecule has 138 valence electrons. The molecule has 0 spiro atoms. The van der Waals surface area contributed by atoms with Crippen molar-refractivity contribution in [3.8, 4) is 0 Å². The van der Waals surface area contributed by atoms with Crippen LogP contribution in [-0.2, 0) is 17.9 Å². The standard InChI is InChI=1S/C21H26FN3O/c1-17(26)25-13-4-12-24(16-18-7-9-20(22)10-8-18)14-11-23-15-19-5-2-3-6-21(19)25/h2-3,5-10,23H,4,11-16H2,1H3. The summed E-state index contributed by atoms with van der Waals surface area (Å²) in [5, 5.41) is 3.48. The fourth-order valence-electron chi connectivity index (χ4n) is 3.40. The first-order chi connectivity index (χ1) is 12.6. The third-order valence-corrected chi connectivity index (χ3v) is 4.76. The molecule has 3 rings (SSSR count). The number of anilines is 1. The summed E-state index contributed by atoms with van der Waals surface area (Å²) in [6, 6.07) is 14.8. The van der Waals surface area contributed by atoms with E-state index in [0.717, 1.165) is 56.0 Å². The number of carbonyl (C=O) groups is 1. The average molecular weight is 355 g/mol. The van der Waals surface area contributed by atoms with Crippen LogP contribution in [0.3, 0.4) is 0 Å². The van der Waals surface area contributed by atoms with Crippen LogP contribution in [0.5, 0.6) is 0 Å². The van der Waals surface area contributed by atoms with E-state index in [1.165, 1.54) is 12.1 Å². The van der Waals surface area contributed by atoms with Crippen molar-refractivity contribution in [3.63, 3.8) is 0 Å². The van der Waals surface area contributed by atoms with Crippen molar-refractivity contribution in [3.05, 3.63) is 65.5 Å². The summed E-state index contributed by atoms with van der Waals surface area (Å²) in [4.78, 5) is 16.4. The summed E-state index contributed by atoms with van der Waals surface area (Å²) in [5.74, 6) is -0.135. The molecule has 0 atom stereocenters. The van der Waals surface area contributed by atoms with E-state index in [9.17, 15) is 9.18 Å². The Morgan fingerprint density at radius 1 is 1.08 bits per heavy atom. The van der Waals surface area contributed by atoms with Crippen LogP contribution < -0.4 is 10.2 Å². The highest BCUT2D eigenvalue weighted by molar-refractivity contribution is 5.92. The number of halogens is 1. The topological polar surface area (TPSA) is 35.6 Å². The summed E-state index contributed by atoms with van der Waals surface area (Å²) in [6.07, 6.45) is 0.898. The van der Waals surface area contributed by atoms with Crippen LogP contribution in [-0.4, -0.2) is 37.0 Å². The van der Waals surface area contributed by atoms with Gasteiger partial charge in [-0.1, -0.05) is 30.3 Å². The number of hydrogen-bond donors (Lipinski definition) is 1. The third kappa shape index (κ3) is 4.90. The molecule has 1 heterocycles. The van der Waals surface area contributed by atoms with Gasteiger partial charge in [-0.3, -0.25) is 9.69 Å². The van der Waals surface area contributed by atoms with Crippen molar-refractivity contribution in [2.45, 2.75) is 26.4 Å². The Kier molecular flexibility index (Phi) is 6.36. The molecular weight excluding hydrogens is 329 g/mol. The molecule has 0 aliphatic carbocycles. The summed E-state index contributed by atoms with van der Waals surface area (Å²) in [7, 11) is 0. The van der Waals surface area contributed by atoms with Gasteiger partial charge < -0.3 is 10.2 Å². The first-order valence-electron chi connectivity index (χ1n) is 9.17. The van der Waals surface area contributed by atoms with E-state index in [0.29, 0.717) is 6.54 Å². The van der Waals surface area contributed by atoms with Gasteiger partial charge in [0.1, 0.15) is 5.82 Å². The fraction of sp³-hybridized carbons (Fsp3) is 0.381. The molecule has 0 bridgehead atoms. The molecule has 4 nitrogen and oxygen atoms in total. The van der Waals surface area contributed by atoms with Crippen molar-refractivity contribution >= 4 is 11.6 Å². The van der Waals surface area contributed by atoms with Crippen LogP contribution >= 0.6 is 0 Å². The van der Waals surface area contributed by atoms with Gasteiger partial charge in [-0.15, -0.1) is 0 Å². The van der Waals surface area contributed by atoms with Gasteiger partial charge in [0, 0.05) is 51.9 Å². The quantitative estimate of drug-likeness (QED) is 0.899. The summed E-state index contributed by atoms with van der Waals surface area (Å²) < 4.78 is 13.1. The summed E-state index contributed by atoms with van der Waals surface area (Å²) >= 11 is 0. The van der Waals surface area contributed by atoms with Gasteiger partial charge in [-0.25, -0.2) is 4.39 Å². The third-order valence-electron chi connectivity index (χ3n) is 4.76. The van der Waals surface area contributed by atoms with Crippen molar-refractivity contribution in [1.29, 1.82) is 0 Å². The predicted molar refractivity (Wildman–Crippen MR) is 102 cm³/mol. The van der Waals surface area contributed by atoms with Crippen molar-refractivity contribution in [1.82, 2.24) is 10.2 Å². The minimum absolute atomic E-state index is 0.0711. The van der Waals surface area contributed by atoms with E-state index in [-0.39, 0.29) is 11.7 Å². The molecule has 0 unspecified atom stereocenters. The number of para-hydroxylation sites is 1. The fourth-order valence-corrected chi connectivity index (χ4v) is 3.40. The minimum atomic E-state index is -0.206. The van der Waals surface area contributed by atoms with Gasteiger partial charge in [-0.05, 0) is 35.7 Å². The minimum Gasteiger partial charge on any atom is -0.312 e. The molecule has 1 aliphatic rings. The second kappa shape index (κ2) is 8.92. The maximum Gasteiger partial charge on any atom is 0.223 e. The number of carbonyl (C=O) groups excluding carboxylic acids is 1. The van der Waals surface area contributed by atoms with E-state index in [2.05, 4.69) is 16.3 Å². The number of hydrogen-bond acceptors (Lipinski definition) is 3. The van der Waals surface area contributed by atoms with Gasteiger partial charge in [0.25, 0.3) is 0 Å². The maximum atomic E-state index is 13.1. The van der Waals surface area contributed by atoms with Crippen LogP contribution in [0.4, 0.5) is 10.1 Å². The number of nitrogens with zero attached hydrogens (tertiary/aromatic N) is 2. The van der Waals surface area contributed by atoms with E-state index in [1.54, 1.807) is 6.92 Å². The van der Waals surface area contributed by atoms with E-state index in [4.69, 9.17) is 0 Å². The molecule has 1 N–H and O–H groups in total. The number of benzene rings is 2. The molecule has 0 saturated heterocycles. The highest BCUT2D eigenvalue weighted by Gasteiger charge is 2.17. The van der Waals surface area contributed by atoms with Gasteiger partial charge in [0.05, 0.1) is 0 Å². The first kappa shape index (κ1) is 18.5. The Morgan fingerprint density at radius 2 is 1.85 bits per heavy atom. The zero-order valence-electron chi connectivity index (χ0n) is 15.2. The van der Waals surface area contributed by atoms with Crippen molar-refractivity contribution < 1.29 is 9.18 Å². The number of fused-ring (bicyclic) bond motifs is 1. The highest BCUT2D eigenvalue weighted by Crippen LogP contribution is 2.21. The molecule has 1 amide bonds. The summed E-state index contributed by atoms with van der Waals surface area (Å²) in [6.45, 7) is 6.53. The molecule has 1 aliphatic heterocycles. The lowest BCUT2D eigenvalue weighted by Crippen LogP contribution is -2.34. The normalized spacial score (nSPS) is 16.6. The van der Waals surface area contributed by atoms with Gasteiger partial charge in [0.15, 0.2) is 0 Å². The first-order valence-corrected chi connectivity index (χ1v) is 9.17. The second-order valence-electron chi connectivity index (χ2n) is 6.73. The smallest absolute Gasteiger partial charge is 0.223 e. The Labute approximate surface area is 154 Å². The molecule has 0 aromatic heterocycles. The van der Waals surface area contributed by atoms with Crippen molar-refractivity contribution in [2.24, 2.45) is 0 Å². The van der Waals surface area contributed by atoms with Crippen LogP contribution in [0.1, 0.15) is 24.5 Å². The highest BCUT2D eigenvalue weighted by atomic mass is 19.1. The molecular formula is C21H26FN3O. The molecule has 0 radical (unpaired) electrons. The summed E-state index contributed by atoms with van der Waals surface area (Å²) in [5.41, 5.74) is 3.25. The van der Waals surface area contributed by atoms with E-state index in [1.807, 2.05) is 35.2 Å². The molecule has 0 saturated carbocycles. The monoisotopic (exact) mass is 355 g/mol. The lowest BCUT2D eigenvalue weighted by atomic mass is 10.1. The Balaban J connectivity index is 1.71. The average Bonchev–Trinajstić information content (AvgIpc) is 2.67. The zero-order valence-corrected chi connectivity index (χ0v) is 15.2. The van der Waals surface area contributed by atoms with E-state index < -0.39 is 0 Å². The molecule has 2 aromatic rings. The Bertz CT molecular complexity index is 732. The SMILES string of the molecule is CC(=O)N1CCCN(Cc2ccc(F)cc2)CCNCc2ccccc21. The van der Waals surface area contributed by atoms with Crippen LogP contribution in [0, 0.1) is 5.82 Å². The Hall–Kier alpha value is -2.24. The maximum absolute atomic E-state index is 13.1. The lowest BCUT2D eigenvalue weighted by Gasteiger charge is -2.25. The lowest BCUT2D eigenvalue weighted by molar-refractivity contribution is -0.116. The Morgan fingerprint density at radius 3 is 2.62 bits per heavy atom. The second-order valence-corrected chi connectivity index (χ2v) is 6.73. The van der Waals surface area contributed by atoms with Gasteiger partial charge >= 0.3 is 0 Å². The molecule has 2 aromatic carbocycles. The molecule has 0 fully saturated rings. The van der Waals surface area contributed by atoms with Crippen LogP contribution in [0.2, 0.25) is 0 Å². The largest absolute Gasteiger partial charge is 0.312 e. The van der Waals surface area contributed by atoms with E-state index >= 15 is 0 Å². The zero-order chi connectivity index (χ0) is 18.4. The van der Waals surface area contributed by atoms with Crippen molar-refractivity contribution in [2.75, 3.05) is 31.1 Å².